The van der Waals surface area contributed by atoms with E-state index in [0.29, 0.717) is 16.1 Å². The van der Waals surface area contributed by atoms with Gasteiger partial charge in [-0.1, -0.05) is 17.7 Å². The van der Waals surface area contributed by atoms with Gasteiger partial charge in [0.2, 0.25) is 0 Å². The molecular weight excluding hydrogens is 317 g/mol. The van der Waals surface area contributed by atoms with E-state index in [-0.39, 0.29) is 26.1 Å². The fourth-order valence-corrected chi connectivity index (χ4v) is 2.60. The van der Waals surface area contributed by atoms with Crippen LogP contribution in [0, 0.1) is 0 Å². The second-order valence-corrected chi connectivity index (χ2v) is 5.48. The molecule has 1 heterocycles. The van der Waals surface area contributed by atoms with Crippen LogP contribution in [0.4, 0.5) is 13.2 Å². The minimum atomic E-state index is -4.29. The Morgan fingerprint density at radius 1 is 1.27 bits per heavy atom. The van der Waals surface area contributed by atoms with Crippen LogP contribution in [0.3, 0.4) is 0 Å². The molecule has 3 nitrogen and oxygen atoms in total. The Hall–Kier alpha value is -1.37. The Morgan fingerprint density at radius 2 is 2.05 bits per heavy atom. The minimum absolute atomic E-state index is 0.0770. The van der Waals surface area contributed by atoms with Crippen LogP contribution in [0.2, 0.25) is 5.02 Å². The number of hydrogen-bond donors (Lipinski definition) is 1. The molecule has 2 rings (SSSR count). The molecule has 0 bridgehead atoms. The van der Waals surface area contributed by atoms with E-state index in [2.05, 4.69) is 4.98 Å². The zero-order chi connectivity index (χ0) is 16.2. The largest absolute Gasteiger partial charge is 0.401 e. The molecule has 0 aliphatic heterocycles. The number of benzene rings is 1. The summed E-state index contributed by atoms with van der Waals surface area (Å²) in [7, 11) is 0. The number of fused-ring (bicyclic) bond motifs is 1. The lowest BCUT2D eigenvalue weighted by atomic mass is 10.1. The van der Waals surface area contributed by atoms with Gasteiger partial charge in [0, 0.05) is 36.3 Å². The summed E-state index contributed by atoms with van der Waals surface area (Å²) in [5.41, 5.74) is 1.29. The molecule has 0 aliphatic carbocycles. The van der Waals surface area contributed by atoms with Crippen molar-refractivity contribution in [3.8, 4) is 0 Å². The van der Waals surface area contributed by atoms with Gasteiger partial charge in [-0.15, -0.1) is 0 Å². The standard InChI is InChI=1S/C15H16ClF3N2O/c16-13-7-11-3-1-4-20-14(11)12(8-13)9-21(5-2-6-22)10-15(17,18)19/h1,3-4,7-8,22H,2,5-6,9-10H2. The number of aromatic nitrogens is 1. The van der Waals surface area contributed by atoms with Crippen LogP contribution in [0.1, 0.15) is 12.0 Å². The highest BCUT2D eigenvalue weighted by Gasteiger charge is 2.30. The molecular formula is C15H16ClF3N2O. The van der Waals surface area contributed by atoms with Crippen LogP contribution < -0.4 is 0 Å². The molecule has 0 saturated heterocycles. The first-order valence-corrected chi connectivity index (χ1v) is 7.20. The number of aliphatic hydroxyl groups excluding tert-OH is 1. The maximum Gasteiger partial charge on any atom is 0.401 e. The number of halogens is 4. The summed E-state index contributed by atoms with van der Waals surface area (Å²) < 4.78 is 38.0. The number of alkyl halides is 3. The van der Waals surface area contributed by atoms with Crippen LogP contribution in [-0.4, -0.2) is 40.9 Å². The minimum Gasteiger partial charge on any atom is -0.396 e. The lowest BCUT2D eigenvalue weighted by Crippen LogP contribution is -2.35. The van der Waals surface area contributed by atoms with Crippen molar-refractivity contribution < 1.29 is 18.3 Å². The Kier molecular flexibility index (Phi) is 5.61. The van der Waals surface area contributed by atoms with Crippen molar-refractivity contribution in [3.63, 3.8) is 0 Å². The molecule has 120 valence electrons. The Balaban J connectivity index is 2.28. The molecule has 2 aromatic rings. The predicted octanol–water partition coefficient (Wildman–Crippen LogP) is 3.63. The first kappa shape index (κ1) is 17.0. The highest BCUT2D eigenvalue weighted by atomic mass is 35.5. The second kappa shape index (κ2) is 7.26. The first-order valence-electron chi connectivity index (χ1n) is 6.82. The number of pyridine rings is 1. The van der Waals surface area contributed by atoms with Gasteiger partial charge in [-0.05, 0) is 30.2 Å². The maximum absolute atomic E-state index is 12.7. The molecule has 1 aromatic carbocycles. The van der Waals surface area contributed by atoms with E-state index in [1.54, 1.807) is 24.4 Å². The van der Waals surface area contributed by atoms with Crippen LogP contribution in [0.5, 0.6) is 0 Å². The second-order valence-electron chi connectivity index (χ2n) is 5.04. The van der Waals surface area contributed by atoms with Crippen molar-refractivity contribution >= 4 is 22.5 Å². The fourth-order valence-electron chi connectivity index (χ4n) is 2.35. The van der Waals surface area contributed by atoms with Gasteiger partial charge in [-0.25, -0.2) is 0 Å². The zero-order valence-electron chi connectivity index (χ0n) is 11.8. The fraction of sp³-hybridized carbons (Fsp3) is 0.400. The van der Waals surface area contributed by atoms with Gasteiger partial charge >= 0.3 is 6.18 Å². The molecule has 0 unspecified atom stereocenters. The molecule has 1 aromatic heterocycles. The molecule has 0 fully saturated rings. The van der Waals surface area contributed by atoms with E-state index >= 15 is 0 Å². The quantitative estimate of drug-likeness (QED) is 0.877. The van der Waals surface area contributed by atoms with E-state index in [1.165, 1.54) is 4.90 Å². The van der Waals surface area contributed by atoms with E-state index in [0.717, 1.165) is 5.39 Å². The topological polar surface area (TPSA) is 36.4 Å². The Bertz CT molecular complexity index is 634. The molecule has 0 atom stereocenters. The van der Waals surface area contributed by atoms with E-state index in [4.69, 9.17) is 16.7 Å². The maximum atomic E-state index is 12.7. The lowest BCUT2D eigenvalue weighted by Gasteiger charge is -2.24. The van der Waals surface area contributed by atoms with Gasteiger partial charge in [0.1, 0.15) is 0 Å². The smallest absolute Gasteiger partial charge is 0.396 e. The third kappa shape index (κ3) is 4.83. The van der Waals surface area contributed by atoms with Gasteiger partial charge in [-0.3, -0.25) is 9.88 Å². The molecule has 0 amide bonds. The molecule has 22 heavy (non-hydrogen) atoms. The van der Waals surface area contributed by atoms with Crippen LogP contribution in [0.25, 0.3) is 10.9 Å². The summed E-state index contributed by atoms with van der Waals surface area (Å²) in [6, 6.07) is 6.94. The molecule has 7 heteroatoms. The third-order valence-electron chi connectivity index (χ3n) is 3.18. The normalized spacial score (nSPS) is 12.3. The number of nitrogens with zero attached hydrogens (tertiary/aromatic N) is 2. The monoisotopic (exact) mass is 332 g/mol. The van der Waals surface area contributed by atoms with Crippen molar-refractivity contribution in [2.75, 3.05) is 19.7 Å². The highest BCUT2D eigenvalue weighted by molar-refractivity contribution is 6.31. The summed E-state index contributed by atoms with van der Waals surface area (Å²) in [5.74, 6) is 0. The van der Waals surface area contributed by atoms with Gasteiger partial charge < -0.3 is 5.11 Å². The molecule has 1 N–H and O–H groups in total. The van der Waals surface area contributed by atoms with Crippen molar-refractivity contribution in [1.29, 1.82) is 0 Å². The Labute approximate surface area is 131 Å². The predicted molar refractivity (Wildman–Crippen MR) is 79.8 cm³/mol. The summed E-state index contributed by atoms with van der Waals surface area (Å²) in [5, 5.41) is 10.1. The molecule has 0 spiro atoms. The van der Waals surface area contributed by atoms with Crippen LogP contribution >= 0.6 is 11.6 Å². The lowest BCUT2D eigenvalue weighted by molar-refractivity contribution is -0.147. The molecule has 0 aliphatic rings. The van der Waals surface area contributed by atoms with Gasteiger partial charge in [-0.2, -0.15) is 13.2 Å². The van der Waals surface area contributed by atoms with Crippen LogP contribution in [-0.2, 0) is 6.54 Å². The van der Waals surface area contributed by atoms with Gasteiger partial charge in [0.05, 0.1) is 12.1 Å². The van der Waals surface area contributed by atoms with Crippen molar-refractivity contribution in [1.82, 2.24) is 9.88 Å². The summed E-state index contributed by atoms with van der Waals surface area (Å²) >= 11 is 6.04. The average molecular weight is 333 g/mol. The van der Waals surface area contributed by atoms with Gasteiger partial charge in [0.15, 0.2) is 0 Å². The van der Waals surface area contributed by atoms with Crippen LogP contribution in [0.15, 0.2) is 30.5 Å². The van der Waals surface area contributed by atoms with E-state index < -0.39 is 12.7 Å². The molecule has 0 saturated carbocycles. The summed E-state index contributed by atoms with van der Waals surface area (Å²) in [6.45, 7) is -0.957. The number of hydrogen-bond acceptors (Lipinski definition) is 3. The van der Waals surface area contributed by atoms with Crippen molar-refractivity contribution in [2.45, 2.75) is 19.1 Å². The Morgan fingerprint density at radius 3 is 2.73 bits per heavy atom. The highest BCUT2D eigenvalue weighted by Crippen LogP contribution is 2.25. The molecule has 0 radical (unpaired) electrons. The first-order chi connectivity index (χ1) is 10.4. The summed E-state index contributed by atoms with van der Waals surface area (Å²) in [4.78, 5) is 5.48. The SMILES string of the molecule is OCCCN(Cc1cc(Cl)cc2cccnc12)CC(F)(F)F. The van der Waals surface area contributed by atoms with E-state index in [1.807, 2.05) is 6.07 Å². The zero-order valence-corrected chi connectivity index (χ0v) is 12.5. The summed E-state index contributed by atoms with van der Waals surface area (Å²) in [6.07, 6.45) is -2.42. The van der Waals surface area contributed by atoms with E-state index in [9.17, 15) is 13.2 Å². The average Bonchev–Trinajstić information content (AvgIpc) is 2.43. The van der Waals surface area contributed by atoms with Crippen molar-refractivity contribution in [2.24, 2.45) is 0 Å². The third-order valence-corrected chi connectivity index (χ3v) is 3.40. The van der Waals surface area contributed by atoms with Crippen molar-refractivity contribution in [3.05, 3.63) is 41.0 Å². The van der Waals surface area contributed by atoms with Gasteiger partial charge in [0.25, 0.3) is 0 Å². The number of aliphatic hydroxyl groups is 1. The number of rotatable bonds is 6.